The molecule has 0 saturated carbocycles. The first-order valence-corrected chi connectivity index (χ1v) is 4.11. The Morgan fingerprint density at radius 1 is 1.25 bits per heavy atom. The smallest absolute Gasteiger partial charge is 0.0971 e. The van der Waals surface area contributed by atoms with E-state index in [0.717, 1.165) is 5.56 Å². The fraction of sp³-hybridized carbons (Fsp3) is 0.273. The van der Waals surface area contributed by atoms with Crippen molar-refractivity contribution in [3.05, 3.63) is 47.5 Å². The summed E-state index contributed by atoms with van der Waals surface area (Å²) in [7, 11) is 0. The Bertz CT molecular complexity index is 259. The summed E-state index contributed by atoms with van der Waals surface area (Å²) < 4.78 is 0. The zero-order valence-electron chi connectivity index (χ0n) is 7.49. The predicted octanol–water partition coefficient (Wildman–Crippen LogP) is 2.60. The van der Waals surface area contributed by atoms with Crippen molar-refractivity contribution >= 4 is 0 Å². The van der Waals surface area contributed by atoms with E-state index in [-0.39, 0.29) is 0 Å². The van der Waals surface area contributed by atoms with E-state index in [4.69, 9.17) is 0 Å². The molecule has 1 nitrogen and oxygen atoms in total. The quantitative estimate of drug-likeness (QED) is 0.663. The highest BCUT2D eigenvalue weighted by molar-refractivity contribution is 5.25. The van der Waals surface area contributed by atoms with Crippen LogP contribution in [0.1, 0.15) is 24.2 Å². The van der Waals surface area contributed by atoms with Gasteiger partial charge in [0, 0.05) is 0 Å². The highest BCUT2D eigenvalue weighted by Crippen LogP contribution is 2.14. The van der Waals surface area contributed by atoms with Gasteiger partial charge in [0.2, 0.25) is 0 Å². The molecular formula is C11H14O. The number of aryl methyl sites for hydroxylation is 1. The molecule has 64 valence electrons. The number of aliphatic hydroxyl groups excluding tert-OH is 1. The number of allylic oxidation sites excluding steroid dienone is 1. The van der Waals surface area contributed by atoms with Gasteiger partial charge in [0.25, 0.3) is 0 Å². The summed E-state index contributed by atoms with van der Waals surface area (Å²) in [6.45, 7) is 3.93. The topological polar surface area (TPSA) is 20.2 Å². The summed E-state index contributed by atoms with van der Waals surface area (Å²) in [5.41, 5.74) is 2.16. The van der Waals surface area contributed by atoms with Gasteiger partial charge in [-0.25, -0.2) is 0 Å². The minimum Gasteiger partial charge on any atom is -0.384 e. The van der Waals surface area contributed by atoms with E-state index in [1.54, 1.807) is 6.08 Å². The zero-order chi connectivity index (χ0) is 8.97. The minimum atomic E-state index is -0.462. The normalized spacial score (nSPS) is 13.6. The molecular weight excluding hydrogens is 148 g/mol. The Hall–Kier alpha value is -1.08. The average molecular weight is 162 g/mol. The maximum atomic E-state index is 9.52. The Morgan fingerprint density at radius 3 is 2.33 bits per heavy atom. The van der Waals surface area contributed by atoms with Gasteiger partial charge in [-0.05, 0) is 19.4 Å². The summed E-state index contributed by atoms with van der Waals surface area (Å²) in [6, 6.07) is 7.89. The lowest BCUT2D eigenvalue weighted by molar-refractivity contribution is 0.228. The van der Waals surface area contributed by atoms with Crippen LogP contribution in [0.5, 0.6) is 0 Å². The summed E-state index contributed by atoms with van der Waals surface area (Å²) in [6.07, 6.45) is 3.16. The second-order valence-corrected chi connectivity index (χ2v) is 2.88. The van der Waals surface area contributed by atoms with Gasteiger partial charge < -0.3 is 5.11 Å². The molecule has 0 fully saturated rings. The molecule has 1 aromatic carbocycles. The molecule has 1 heteroatoms. The van der Waals surface area contributed by atoms with Gasteiger partial charge in [-0.1, -0.05) is 42.0 Å². The molecule has 0 amide bonds. The van der Waals surface area contributed by atoms with Crippen LogP contribution in [0, 0.1) is 6.92 Å². The number of aliphatic hydroxyl groups is 1. The Labute approximate surface area is 73.4 Å². The molecule has 1 aromatic rings. The van der Waals surface area contributed by atoms with Crippen LogP contribution >= 0.6 is 0 Å². The van der Waals surface area contributed by atoms with Crippen LogP contribution in [0.15, 0.2) is 36.4 Å². The molecule has 0 aromatic heterocycles. The molecule has 0 bridgehead atoms. The SMILES string of the molecule is C/C=C\C(O)c1ccc(C)cc1. The van der Waals surface area contributed by atoms with E-state index in [9.17, 15) is 5.11 Å². The van der Waals surface area contributed by atoms with Crippen LogP contribution in [0.4, 0.5) is 0 Å². The van der Waals surface area contributed by atoms with Gasteiger partial charge in [-0.3, -0.25) is 0 Å². The first-order valence-electron chi connectivity index (χ1n) is 4.11. The first-order chi connectivity index (χ1) is 5.74. The predicted molar refractivity (Wildman–Crippen MR) is 51.0 cm³/mol. The van der Waals surface area contributed by atoms with Gasteiger partial charge in [-0.15, -0.1) is 0 Å². The lowest BCUT2D eigenvalue weighted by atomic mass is 10.1. The fourth-order valence-corrected chi connectivity index (χ4v) is 1.06. The maximum absolute atomic E-state index is 9.52. The molecule has 1 unspecified atom stereocenters. The van der Waals surface area contributed by atoms with Gasteiger partial charge in [0.1, 0.15) is 0 Å². The molecule has 0 spiro atoms. The van der Waals surface area contributed by atoms with Crippen molar-refractivity contribution in [2.45, 2.75) is 20.0 Å². The average Bonchev–Trinajstić information content (AvgIpc) is 2.06. The van der Waals surface area contributed by atoms with Crippen molar-refractivity contribution in [2.75, 3.05) is 0 Å². The van der Waals surface area contributed by atoms with Crippen LogP contribution in [-0.2, 0) is 0 Å². The fourth-order valence-electron chi connectivity index (χ4n) is 1.06. The molecule has 12 heavy (non-hydrogen) atoms. The Kier molecular flexibility index (Phi) is 3.06. The monoisotopic (exact) mass is 162 g/mol. The third-order valence-electron chi connectivity index (χ3n) is 1.79. The molecule has 1 rings (SSSR count). The number of benzene rings is 1. The van der Waals surface area contributed by atoms with Crippen LogP contribution in [0.3, 0.4) is 0 Å². The minimum absolute atomic E-state index is 0.462. The third-order valence-corrected chi connectivity index (χ3v) is 1.79. The van der Waals surface area contributed by atoms with E-state index in [1.807, 2.05) is 44.2 Å². The van der Waals surface area contributed by atoms with E-state index in [1.165, 1.54) is 5.56 Å². The lowest BCUT2D eigenvalue weighted by Gasteiger charge is -2.05. The van der Waals surface area contributed by atoms with Gasteiger partial charge in [0.15, 0.2) is 0 Å². The van der Waals surface area contributed by atoms with Crippen molar-refractivity contribution in [3.63, 3.8) is 0 Å². The highest BCUT2D eigenvalue weighted by atomic mass is 16.3. The number of rotatable bonds is 2. The second kappa shape index (κ2) is 4.07. The van der Waals surface area contributed by atoms with E-state index < -0.39 is 6.10 Å². The van der Waals surface area contributed by atoms with Crippen LogP contribution in [0.25, 0.3) is 0 Å². The molecule has 0 heterocycles. The lowest BCUT2D eigenvalue weighted by Crippen LogP contribution is -1.91. The summed E-state index contributed by atoms with van der Waals surface area (Å²) in [4.78, 5) is 0. The van der Waals surface area contributed by atoms with Crippen LogP contribution < -0.4 is 0 Å². The number of hydrogen-bond acceptors (Lipinski definition) is 1. The maximum Gasteiger partial charge on any atom is 0.0971 e. The molecule has 0 aliphatic carbocycles. The Balaban J connectivity index is 2.82. The molecule has 0 aliphatic heterocycles. The van der Waals surface area contributed by atoms with Crippen molar-refractivity contribution in [2.24, 2.45) is 0 Å². The van der Waals surface area contributed by atoms with Crippen molar-refractivity contribution in [3.8, 4) is 0 Å². The molecule has 0 aliphatic rings. The summed E-state index contributed by atoms with van der Waals surface area (Å²) in [5.74, 6) is 0. The summed E-state index contributed by atoms with van der Waals surface area (Å²) >= 11 is 0. The van der Waals surface area contributed by atoms with Crippen LogP contribution in [0.2, 0.25) is 0 Å². The standard InChI is InChI=1S/C11H14O/c1-3-4-11(12)10-7-5-9(2)6-8-10/h3-8,11-12H,1-2H3/b4-3-. The highest BCUT2D eigenvalue weighted by Gasteiger charge is 2.00. The largest absolute Gasteiger partial charge is 0.384 e. The third kappa shape index (κ3) is 2.21. The molecule has 0 radical (unpaired) electrons. The van der Waals surface area contributed by atoms with Crippen LogP contribution in [-0.4, -0.2) is 5.11 Å². The van der Waals surface area contributed by atoms with Gasteiger partial charge in [-0.2, -0.15) is 0 Å². The van der Waals surface area contributed by atoms with Gasteiger partial charge >= 0.3 is 0 Å². The summed E-state index contributed by atoms with van der Waals surface area (Å²) in [5, 5.41) is 9.52. The Morgan fingerprint density at radius 2 is 1.83 bits per heavy atom. The van der Waals surface area contributed by atoms with Crippen molar-refractivity contribution in [1.82, 2.24) is 0 Å². The molecule has 0 saturated heterocycles. The zero-order valence-corrected chi connectivity index (χ0v) is 7.49. The molecule has 1 N–H and O–H groups in total. The first kappa shape index (κ1) is 9.01. The number of hydrogen-bond donors (Lipinski definition) is 1. The molecule has 1 atom stereocenters. The van der Waals surface area contributed by atoms with E-state index in [0.29, 0.717) is 0 Å². The van der Waals surface area contributed by atoms with E-state index >= 15 is 0 Å². The van der Waals surface area contributed by atoms with Gasteiger partial charge in [0.05, 0.1) is 6.10 Å². The second-order valence-electron chi connectivity index (χ2n) is 2.88. The van der Waals surface area contributed by atoms with Crippen molar-refractivity contribution < 1.29 is 5.11 Å². The van der Waals surface area contributed by atoms with E-state index in [2.05, 4.69) is 0 Å². The van der Waals surface area contributed by atoms with Crippen molar-refractivity contribution in [1.29, 1.82) is 0 Å².